The molecule has 4 rings (SSSR count). The number of carbonyl (C=O) groups is 1. The number of aromatic nitrogens is 4. The quantitative estimate of drug-likeness (QED) is 0.769. The fraction of sp³-hybridized carbons (Fsp3) is 0.400. The maximum absolute atomic E-state index is 12.9. The van der Waals surface area contributed by atoms with Gasteiger partial charge < -0.3 is 10.2 Å². The van der Waals surface area contributed by atoms with Gasteiger partial charge in [0.15, 0.2) is 5.65 Å². The van der Waals surface area contributed by atoms with Crippen LogP contribution >= 0.6 is 0 Å². The number of rotatable bonds is 4. The van der Waals surface area contributed by atoms with E-state index in [-0.39, 0.29) is 11.9 Å². The molecule has 0 aromatic carbocycles. The molecule has 0 radical (unpaired) electrons. The van der Waals surface area contributed by atoms with E-state index in [4.69, 9.17) is 0 Å². The molecule has 1 aliphatic carbocycles. The Kier molecular flexibility index (Phi) is 4.75. The zero-order chi connectivity index (χ0) is 18.8. The van der Waals surface area contributed by atoms with Crippen molar-refractivity contribution in [2.45, 2.75) is 38.6 Å². The van der Waals surface area contributed by atoms with Crippen LogP contribution in [0, 0.1) is 5.92 Å². The van der Waals surface area contributed by atoms with Crippen molar-refractivity contribution in [1.82, 2.24) is 24.9 Å². The number of anilines is 2. The monoisotopic (exact) mass is 364 g/mol. The van der Waals surface area contributed by atoms with Gasteiger partial charge in [-0.2, -0.15) is 5.10 Å². The summed E-state index contributed by atoms with van der Waals surface area (Å²) in [6.07, 6.45) is 11.5. The molecule has 7 nitrogen and oxygen atoms in total. The van der Waals surface area contributed by atoms with Crippen LogP contribution in [0.1, 0.15) is 43.0 Å². The van der Waals surface area contributed by atoms with E-state index < -0.39 is 0 Å². The molecule has 0 spiro atoms. The summed E-state index contributed by atoms with van der Waals surface area (Å²) >= 11 is 0. The summed E-state index contributed by atoms with van der Waals surface area (Å²) in [7, 11) is 1.93. The fourth-order valence-electron chi connectivity index (χ4n) is 3.67. The molecule has 140 valence electrons. The van der Waals surface area contributed by atoms with Crippen LogP contribution < -0.4 is 10.2 Å². The van der Waals surface area contributed by atoms with Gasteiger partial charge in [-0.05, 0) is 37.0 Å². The van der Waals surface area contributed by atoms with Crippen molar-refractivity contribution in [2.75, 3.05) is 11.9 Å². The van der Waals surface area contributed by atoms with Crippen molar-refractivity contribution in [3.8, 4) is 0 Å². The number of hydrogen-bond acceptors (Lipinski definition) is 5. The molecule has 2 atom stereocenters. The van der Waals surface area contributed by atoms with Crippen molar-refractivity contribution < 1.29 is 4.79 Å². The molecular formula is C20H24N6O. The van der Waals surface area contributed by atoms with E-state index in [0.717, 1.165) is 24.3 Å². The standard InChI is InChI=1S/C20H24N6O/c1-14-6-3-4-8-17(14)23-20(27)16-13-22-26-11-9-18(24-19(16)26)25(2)15-7-5-10-21-12-15/h5,7,9-14,17H,3-4,6,8H2,1-2H3,(H,23,27). The molecule has 3 aromatic heterocycles. The Morgan fingerprint density at radius 3 is 2.89 bits per heavy atom. The lowest BCUT2D eigenvalue weighted by Crippen LogP contribution is -2.41. The Morgan fingerprint density at radius 1 is 1.26 bits per heavy atom. The van der Waals surface area contributed by atoms with Gasteiger partial charge >= 0.3 is 0 Å². The second kappa shape index (κ2) is 7.34. The lowest BCUT2D eigenvalue weighted by atomic mass is 9.86. The molecule has 1 amide bonds. The smallest absolute Gasteiger partial charge is 0.256 e. The van der Waals surface area contributed by atoms with Crippen molar-refractivity contribution >= 4 is 23.1 Å². The first-order valence-electron chi connectivity index (χ1n) is 9.42. The number of pyridine rings is 1. The second-order valence-corrected chi connectivity index (χ2v) is 7.22. The Balaban J connectivity index is 1.61. The number of carbonyl (C=O) groups excluding carboxylic acids is 1. The lowest BCUT2D eigenvalue weighted by Gasteiger charge is -2.29. The molecule has 0 bridgehead atoms. The molecule has 7 heteroatoms. The predicted octanol–water partition coefficient (Wildman–Crippen LogP) is 3.20. The van der Waals surface area contributed by atoms with Crippen LogP contribution in [0.2, 0.25) is 0 Å². The highest BCUT2D eigenvalue weighted by Crippen LogP contribution is 2.25. The fourth-order valence-corrected chi connectivity index (χ4v) is 3.67. The van der Waals surface area contributed by atoms with E-state index in [1.54, 1.807) is 23.1 Å². The van der Waals surface area contributed by atoms with Gasteiger partial charge in [-0.25, -0.2) is 9.50 Å². The average Bonchev–Trinajstić information content (AvgIpc) is 3.13. The van der Waals surface area contributed by atoms with Gasteiger partial charge in [0.05, 0.1) is 18.1 Å². The second-order valence-electron chi connectivity index (χ2n) is 7.22. The summed E-state index contributed by atoms with van der Waals surface area (Å²) in [5, 5.41) is 7.48. The molecule has 1 aliphatic rings. The van der Waals surface area contributed by atoms with Gasteiger partial charge in [0.1, 0.15) is 11.4 Å². The maximum Gasteiger partial charge on any atom is 0.256 e. The minimum absolute atomic E-state index is 0.0996. The first kappa shape index (κ1) is 17.5. The van der Waals surface area contributed by atoms with Crippen LogP contribution in [0.15, 0.2) is 43.0 Å². The minimum Gasteiger partial charge on any atom is -0.349 e. The predicted molar refractivity (Wildman–Crippen MR) is 104 cm³/mol. The first-order chi connectivity index (χ1) is 13.1. The average molecular weight is 364 g/mol. The van der Waals surface area contributed by atoms with Crippen molar-refractivity contribution in [3.63, 3.8) is 0 Å². The van der Waals surface area contributed by atoms with Crippen LogP contribution in [-0.2, 0) is 0 Å². The van der Waals surface area contributed by atoms with Gasteiger partial charge in [-0.1, -0.05) is 19.8 Å². The van der Waals surface area contributed by atoms with E-state index in [9.17, 15) is 4.79 Å². The van der Waals surface area contributed by atoms with E-state index in [2.05, 4.69) is 27.3 Å². The van der Waals surface area contributed by atoms with Gasteiger partial charge in [-0.3, -0.25) is 9.78 Å². The lowest BCUT2D eigenvalue weighted by molar-refractivity contribution is 0.0912. The van der Waals surface area contributed by atoms with E-state index in [0.29, 0.717) is 17.1 Å². The first-order valence-corrected chi connectivity index (χ1v) is 9.42. The normalized spacial score (nSPS) is 19.8. The molecule has 2 unspecified atom stereocenters. The largest absolute Gasteiger partial charge is 0.349 e. The van der Waals surface area contributed by atoms with Crippen LogP contribution in [0.4, 0.5) is 11.5 Å². The van der Waals surface area contributed by atoms with Crippen LogP contribution in [0.5, 0.6) is 0 Å². The highest BCUT2D eigenvalue weighted by molar-refractivity contribution is 6.00. The minimum atomic E-state index is -0.0996. The maximum atomic E-state index is 12.9. The number of nitrogens with one attached hydrogen (secondary N) is 1. The molecule has 1 N–H and O–H groups in total. The number of fused-ring (bicyclic) bond motifs is 1. The van der Waals surface area contributed by atoms with Crippen LogP contribution in [0.3, 0.4) is 0 Å². The van der Waals surface area contributed by atoms with Crippen LogP contribution in [0.25, 0.3) is 5.65 Å². The van der Waals surface area contributed by atoms with Gasteiger partial charge in [0, 0.05) is 25.5 Å². The summed E-state index contributed by atoms with van der Waals surface area (Å²) in [5.41, 5.74) is 1.99. The van der Waals surface area contributed by atoms with E-state index in [1.807, 2.05) is 36.3 Å². The third-order valence-corrected chi connectivity index (χ3v) is 5.40. The molecule has 0 aliphatic heterocycles. The SMILES string of the molecule is CC1CCCCC1NC(=O)c1cnn2ccc(N(C)c3cccnc3)nc12. The summed E-state index contributed by atoms with van der Waals surface area (Å²) in [6, 6.07) is 5.95. The number of amides is 1. The van der Waals surface area contributed by atoms with Crippen LogP contribution in [-0.4, -0.2) is 38.6 Å². The molecule has 0 saturated heterocycles. The molecule has 1 saturated carbocycles. The molecular weight excluding hydrogens is 340 g/mol. The number of hydrogen-bond donors (Lipinski definition) is 1. The summed E-state index contributed by atoms with van der Waals surface area (Å²) < 4.78 is 1.64. The third-order valence-electron chi connectivity index (χ3n) is 5.40. The van der Waals surface area contributed by atoms with E-state index in [1.165, 1.54) is 12.8 Å². The Hall–Kier alpha value is -2.96. The van der Waals surface area contributed by atoms with Gasteiger partial charge in [0.2, 0.25) is 0 Å². The van der Waals surface area contributed by atoms with Gasteiger partial charge in [0.25, 0.3) is 5.91 Å². The zero-order valence-corrected chi connectivity index (χ0v) is 15.7. The summed E-state index contributed by atoms with van der Waals surface area (Å²) in [6.45, 7) is 2.21. The van der Waals surface area contributed by atoms with Crippen molar-refractivity contribution in [2.24, 2.45) is 5.92 Å². The van der Waals surface area contributed by atoms with E-state index >= 15 is 0 Å². The summed E-state index contributed by atoms with van der Waals surface area (Å²) in [4.78, 5) is 23.6. The highest BCUT2D eigenvalue weighted by atomic mass is 16.1. The molecule has 27 heavy (non-hydrogen) atoms. The van der Waals surface area contributed by atoms with Crippen molar-refractivity contribution in [1.29, 1.82) is 0 Å². The highest BCUT2D eigenvalue weighted by Gasteiger charge is 2.25. The third kappa shape index (κ3) is 3.49. The molecule has 3 aromatic rings. The Bertz CT molecular complexity index is 938. The Labute approximate surface area is 158 Å². The van der Waals surface area contributed by atoms with Gasteiger partial charge in [-0.15, -0.1) is 0 Å². The Morgan fingerprint density at radius 2 is 2.11 bits per heavy atom. The number of nitrogens with zero attached hydrogens (tertiary/aromatic N) is 5. The topological polar surface area (TPSA) is 75.4 Å². The summed E-state index contributed by atoms with van der Waals surface area (Å²) in [5.74, 6) is 1.14. The molecule has 1 fully saturated rings. The molecule has 3 heterocycles. The van der Waals surface area contributed by atoms with Crippen molar-refractivity contribution in [3.05, 3.63) is 48.5 Å². The zero-order valence-electron chi connectivity index (χ0n) is 15.7.